The quantitative estimate of drug-likeness (QED) is 0.457. The monoisotopic (exact) mass is 130 g/mol. The molecule has 0 aromatic rings. The van der Waals surface area contributed by atoms with E-state index in [0.29, 0.717) is 6.61 Å². The van der Waals surface area contributed by atoms with Crippen LogP contribution in [0.4, 0.5) is 0 Å². The van der Waals surface area contributed by atoms with Crippen molar-refractivity contribution in [3.8, 4) is 0 Å². The van der Waals surface area contributed by atoms with Crippen LogP contribution in [0.3, 0.4) is 0 Å². The number of hydrogen-bond donors (Lipinski definition) is 2. The Morgan fingerprint density at radius 2 is 2.33 bits per heavy atom. The molecular formula is C5H10N2O2. The van der Waals surface area contributed by atoms with E-state index >= 15 is 0 Å². The summed E-state index contributed by atoms with van der Waals surface area (Å²) in [6, 6.07) is -0.192. The Hall–Kier alpha value is -0.610. The van der Waals surface area contributed by atoms with Crippen molar-refractivity contribution in [3.63, 3.8) is 0 Å². The molecule has 1 rings (SSSR count). The van der Waals surface area contributed by atoms with Gasteiger partial charge < -0.3 is 16.2 Å². The van der Waals surface area contributed by atoms with Crippen LogP contribution in [0.15, 0.2) is 0 Å². The molecule has 0 aromatic carbocycles. The molecule has 4 N–H and O–H groups in total. The lowest BCUT2D eigenvalue weighted by molar-refractivity contribution is -0.127. The fourth-order valence-electron chi connectivity index (χ4n) is 0.899. The van der Waals surface area contributed by atoms with E-state index in [9.17, 15) is 4.79 Å². The lowest BCUT2D eigenvalue weighted by atomic mass is 10.1. The summed E-state index contributed by atoms with van der Waals surface area (Å²) < 4.78 is 4.93. The number of carbonyl (C=O) groups is 1. The van der Waals surface area contributed by atoms with Crippen molar-refractivity contribution in [2.24, 2.45) is 11.5 Å². The number of hydrogen-bond acceptors (Lipinski definition) is 3. The van der Waals surface area contributed by atoms with Gasteiger partial charge in [0.2, 0.25) is 5.91 Å². The fourth-order valence-corrected chi connectivity index (χ4v) is 0.899. The van der Waals surface area contributed by atoms with Crippen LogP contribution in [0.25, 0.3) is 0 Å². The fraction of sp³-hybridized carbons (Fsp3) is 0.800. The van der Waals surface area contributed by atoms with Gasteiger partial charge in [0.15, 0.2) is 6.10 Å². The largest absolute Gasteiger partial charge is 0.367 e. The summed E-state index contributed by atoms with van der Waals surface area (Å²) in [7, 11) is 0. The normalized spacial score (nSPS) is 34.8. The van der Waals surface area contributed by atoms with Gasteiger partial charge in [0.1, 0.15) is 0 Å². The summed E-state index contributed by atoms with van der Waals surface area (Å²) >= 11 is 0. The van der Waals surface area contributed by atoms with Crippen LogP contribution >= 0.6 is 0 Å². The zero-order valence-electron chi connectivity index (χ0n) is 5.04. The average molecular weight is 130 g/mol. The first-order chi connectivity index (χ1) is 4.22. The predicted octanol–water partition coefficient (Wildman–Crippen LogP) is -1.41. The maximum atomic E-state index is 10.4. The third kappa shape index (κ3) is 1.20. The van der Waals surface area contributed by atoms with E-state index in [1.807, 2.05) is 0 Å². The molecule has 1 aliphatic rings. The second-order valence-electron chi connectivity index (χ2n) is 2.15. The van der Waals surface area contributed by atoms with Crippen molar-refractivity contribution in [2.75, 3.05) is 6.61 Å². The van der Waals surface area contributed by atoms with Gasteiger partial charge in [0.25, 0.3) is 0 Å². The molecule has 1 amide bonds. The number of primary amides is 1. The minimum absolute atomic E-state index is 0.192. The van der Waals surface area contributed by atoms with E-state index in [-0.39, 0.29) is 6.04 Å². The lowest BCUT2D eigenvalue weighted by Crippen LogP contribution is -2.40. The second kappa shape index (κ2) is 2.33. The van der Waals surface area contributed by atoms with Crippen molar-refractivity contribution < 1.29 is 9.53 Å². The van der Waals surface area contributed by atoms with Gasteiger partial charge in [0.05, 0.1) is 0 Å². The summed E-state index contributed by atoms with van der Waals surface area (Å²) in [5, 5.41) is 0. The van der Waals surface area contributed by atoms with E-state index in [0.717, 1.165) is 6.42 Å². The Labute approximate surface area is 53.1 Å². The van der Waals surface area contributed by atoms with Gasteiger partial charge in [0, 0.05) is 12.6 Å². The molecule has 0 aliphatic carbocycles. The predicted molar refractivity (Wildman–Crippen MR) is 31.5 cm³/mol. The Morgan fingerprint density at radius 3 is 2.56 bits per heavy atom. The third-order valence-electron chi connectivity index (χ3n) is 1.42. The summed E-state index contributed by atoms with van der Waals surface area (Å²) in [6.45, 7) is 0.550. The Bertz CT molecular complexity index is 126. The standard InChI is InChI=1S/C5H10N2O2/c6-3-1-2-9-4(3)5(7)8/h3-4H,1-2,6H2,(H2,7,8). The highest BCUT2D eigenvalue weighted by Crippen LogP contribution is 2.09. The summed E-state index contributed by atoms with van der Waals surface area (Å²) in [4.78, 5) is 10.4. The molecule has 0 spiro atoms. The highest BCUT2D eigenvalue weighted by molar-refractivity contribution is 5.79. The summed E-state index contributed by atoms with van der Waals surface area (Å²) in [5.74, 6) is -0.458. The van der Waals surface area contributed by atoms with E-state index in [2.05, 4.69) is 0 Å². The minimum Gasteiger partial charge on any atom is -0.367 e. The molecule has 2 atom stereocenters. The van der Waals surface area contributed by atoms with Gasteiger partial charge in [-0.2, -0.15) is 0 Å². The van der Waals surface area contributed by atoms with E-state index in [4.69, 9.17) is 16.2 Å². The Morgan fingerprint density at radius 1 is 1.67 bits per heavy atom. The molecular weight excluding hydrogens is 120 g/mol. The first-order valence-corrected chi connectivity index (χ1v) is 2.88. The maximum Gasteiger partial charge on any atom is 0.248 e. The molecule has 1 saturated heterocycles. The molecule has 0 radical (unpaired) electrons. The molecule has 4 nitrogen and oxygen atoms in total. The van der Waals surface area contributed by atoms with E-state index in [1.165, 1.54) is 0 Å². The molecule has 1 heterocycles. The molecule has 1 aliphatic heterocycles. The number of nitrogens with two attached hydrogens (primary N) is 2. The first-order valence-electron chi connectivity index (χ1n) is 2.88. The van der Waals surface area contributed by atoms with E-state index in [1.54, 1.807) is 0 Å². The van der Waals surface area contributed by atoms with E-state index < -0.39 is 12.0 Å². The summed E-state index contributed by atoms with van der Waals surface area (Å²) in [5.41, 5.74) is 10.4. The van der Waals surface area contributed by atoms with Crippen molar-refractivity contribution in [3.05, 3.63) is 0 Å². The molecule has 4 heteroatoms. The van der Waals surface area contributed by atoms with Crippen LogP contribution in [0.1, 0.15) is 6.42 Å². The number of ether oxygens (including phenoxy) is 1. The smallest absolute Gasteiger partial charge is 0.248 e. The van der Waals surface area contributed by atoms with Crippen LogP contribution in [0.2, 0.25) is 0 Å². The summed E-state index contributed by atoms with van der Waals surface area (Å²) in [6.07, 6.45) is 0.179. The van der Waals surface area contributed by atoms with Crippen LogP contribution in [-0.4, -0.2) is 24.7 Å². The van der Waals surface area contributed by atoms with Gasteiger partial charge in [-0.1, -0.05) is 0 Å². The topological polar surface area (TPSA) is 78.3 Å². The molecule has 0 aromatic heterocycles. The van der Waals surface area contributed by atoms with Crippen molar-refractivity contribution >= 4 is 5.91 Å². The molecule has 0 bridgehead atoms. The SMILES string of the molecule is NC(=O)C1OCCC1N. The number of rotatable bonds is 1. The Balaban J connectivity index is 2.49. The zero-order valence-corrected chi connectivity index (χ0v) is 5.04. The van der Waals surface area contributed by atoms with Crippen molar-refractivity contribution in [1.29, 1.82) is 0 Å². The molecule has 1 fully saturated rings. The first kappa shape index (κ1) is 6.51. The highest BCUT2D eigenvalue weighted by atomic mass is 16.5. The Kier molecular flexibility index (Phi) is 1.68. The highest BCUT2D eigenvalue weighted by Gasteiger charge is 2.29. The van der Waals surface area contributed by atoms with Gasteiger partial charge in [-0.15, -0.1) is 0 Å². The second-order valence-corrected chi connectivity index (χ2v) is 2.15. The van der Waals surface area contributed by atoms with Crippen molar-refractivity contribution in [2.45, 2.75) is 18.6 Å². The molecule has 2 unspecified atom stereocenters. The van der Waals surface area contributed by atoms with Crippen LogP contribution < -0.4 is 11.5 Å². The average Bonchev–Trinajstić information content (AvgIpc) is 2.13. The lowest BCUT2D eigenvalue weighted by Gasteiger charge is -2.08. The van der Waals surface area contributed by atoms with Crippen LogP contribution in [0, 0.1) is 0 Å². The maximum absolute atomic E-state index is 10.4. The van der Waals surface area contributed by atoms with Crippen molar-refractivity contribution in [1.82, 2.24) is 0 Å². The number of amides is 1. The van der Waals surface area contributed by atoms with Gasteiger partial charge in [-0.05, 0) is 6.42 Å². The molecule has 9 heavy (non-hydrogen) atoms. The molecule has 52 valence electrons. The molecule has 0 saturated carbocycles. The minimum atomic E-state index is -0.551. The van der Waals surface area contributed by atoms with Crippen LogP contribution in [-0.2, 0) is 9.53 Å². The van der Waals surface area contributed by atoms with Gasteiger partial charge in [-0.25, -0.2) is 0 Å². The van der Waals surface area contributed by atoms with Gasteiger partial charge in [-0.3, -0.25) is 4.79 Å². The van der Waals surface area contributed by atoms with Gasteiger partial charge >= 0.3 is 0 Å². The zero-order chi connectivity index (χ0) is 6.85. The third-order valence-corrected chi connectivity index (χ3v) is 1.42. The number of carbonyl (C=O) groups excluding carboxylic acids is 1. The van der Waals surface area contributed by atoms with Crippen LogP contribution in [0.5, 0.6) is 0 Å².